The van der Waals surface area contributed by atoms with Crippen molar-refractivity contribution < 1.29 is 13.2 Å². The number of amides is 1. The second-order valence-corrected chi connectivity index (χ2v) is 6.61. The van der Waals surface area contributed by atoms with Gasteiger partial charge in [0.2, 0.25) is 5.91 Å². The minimum Gasteiger partial charge on any atom is -0.339 e. The summed E-state index contributed by atoms with van der Waals surface area (Å²) in [5, 5.41) is 0. The summed E-state index contributed by atoms with van der Waals surface area (Å²) >= 11 is 0. The minimum absolute atomic E-state index is 0.0385. The topological polar surface area (TPSA) is 54.5 Å². The molecule has 18 heavy (non-hydrogen) atoms. The lowest BCUT2D eigenvalue weighted by molar-refractivity contribution is -0.131. The highest BCUT2D eigenvalue weighted by Gasteiger charge is 2.17. The third-order valence-electron chi connectivity index (χ3n) is 2.92. The van der Waals surface area contributed by atoms with E-state index in [1.54, 1.807) is 31.0 Å². The van der Waals surface area contributed by atoms with Crippen LogP contribution in [0, 0.1) is 0 Å². The number of benzene rings is 1. The zero-order valence-electron chi connectivity index (χ0n) is 10.6. The average molecular weight is 290 g/mol. The van der Waals surface area contributed by atoms with E-state index >= 15 is 0 Å². The molecule has 1 rings (SSSR count). The van der Waals surface area contributed by atoms with Gasteiger partial charge in [-0.25, -0.2) is 8.42 Å². The summed E-state index contributed by atoms with van der Waals surface area (Å²) in [6.07, 6.45) is 0.439. The molecule has 0 fully saturated rings. The molecule has 0 heterocycles. The Morgan fingerprint density at radius 3 is 2.22 bits per heavy atom. The maximum Gasteiger partial charge on any atom is 0.261 e. The SMILES string of the molecule is CCC(=O)N(C)C(C)c1ccc(S(=O)(=O)Cl)cc1. The molecule has 0 radical (unpaired) electrons. The van der Waals surface area contributed by atoms with E-state index in [4.69, 9.17) is 10.7 Å². The molecule has 0 aliphatic heterocycles. The number of nitrogens with zero attached hydrogens (tertiary/aromatic N) is 1. The van der Waals surface area contributed by atoms with Crippen molar-refractivity contribution in [2.75, 3.05) is 7.05 Å². The molecule has 1 atom stereocenters. The highest BCUT2D eigenvalue weighted by Crippen LogP contribution is 2.22. The molecule has 100 valence electrons. The second kappa shape index (κ2) is 5.71. The number of hydrogen-bond donors (Lipinski definition) is 0. The first-order valence-corrected chi connectivity index (χ1v) is 7.88. The van der Waals surface area contributed by atoms with Crippen LogP contribution < -0.4 is 0 Å². The fourth-order valence-electron chi connectivity index (χ4n) is 1.60. The predicted molar refractivity (Wildman–Crippen MR) is 71.0 cm³/mol. The lowest BCUT2D eigenvalue weighted by Gasteiger charge is -2.25. The van der Waals surface area contributed by atoms with Gasteiger partial charge in [-0.05, 0) is 24.6 Å². The van der Waals surface area contributed by atoms with Crippen LogP contribution in [0.2, 0.25) is 0 Å². The summed E-state index contributed by atoms with van der Waals surface area (Å²) in [5.41, 5.74) is 0.864. The Hall–Kier alpha value is -1.07. The average Bonchev–Trinajstić information content (AvgIpc) is 2.35. The first-order chi connectivity index (χ1) is 8.27. The van der Waals surface area contributed by atoms with Gasteiger partial charge in [0.1, 0.15) is 0 Å². The molecule has 4 nitrogen and oxygen atoms in total. The van der Waals surface area contributed by atoms with E-state index in [2.05, 4.69) is 0 Å². The van der Waals surface area contributed by atoms with Crippen LogP contribution in [0.1, 0.15) is 31.9 Å². The standard InChI is InChI=1S/C12H16ClNO3S/c1-4-12(15)14(3)9(2)10-5-7-11(8-6-10)18(13,16)17/h5-9H,4H2,1-3H3. The van der Waals surface area contributed by atoms with Gasteiger partial charge in [-0.3, -0.25) is 4.79 Å². The first-order valence-electron chi connectivity index (χ1n) is 5.57. The van der Waals surface area contributed by atoms with Crippen molar-refractivity contribution in [1.29, 1.82) is 0 Å². The highest BCUT2D eigenvalue weighted by molar-refractivity contribution is 8.13. The second-order valence-electron chi connectivity index (χ2n) is 4.04. The highest BCUT2D eigenvalue weighted by atomic mass is 35.7. The van der Waals surface area contributed by atoms with Crippen molar-refractivity contribution in [3.8, 4) is 0 Å². The van der Waals surface area contributed by atoms with E-state index in [-0.39, 0.29) is 16.8 Å². The van der Waals surface area contributed by atoms with Gasteiger partial charge in [0, 0.05) is 24.2 Å². The number of rotatable bonds is 4. The zero-order chi connectivity index (χ0) is 13.9. The monoisotopic (exact) mass is 289 g/mol. The molecule has 0 aliphatic rings. The van der Waals surface area contributed by atoms with Gasteiger partial charge < -0.3 is 4.90 Å². The Labute approximate surface area is 112 Å². The van der Waals surface area contributed by atoms with Crippen LogP contribution in [0.3, 0.4) is 0 Å². The minimum atomic E-state index is -3.69. The van der Waals surface area contributed by atoms with Crippen LogP contribution in [-0.4, -0.2) is 26.3 Å². The molecule has 1 aromatic rings. The Morgan fingerprint density at radius 2 is 1.83 bits per heavy atom. The summed E-state index contributed by atoms with van der Waals surface area (Å²) < 4.78 is 22.2. The van der Waals surface area contributed by atoms with E-state index < -0.39 is 9.05 Å². The zero-order valence-corrected chi connectivity index (χ0v) is 12.1. The Bertz CT molecular complexity index is 525. The van der Waals surface area contributed by atoms with Crippen molar-refractivity contribution in [3.05, 3.63) is 29.8 Å². The van der Waals surface area contributed by atoms with Crippen molar-refractivity contribution >= 4 is 25.6 Å². The quantitative estimate of drug-likeness (QED) is 0.801. The molecule has 1 unspecified atom stereocenters. The normalized spacial score (nSPS) is 13.1. The molecule has 6 heteroatoms. The lowest BCUT2D eigenvalue weighted by Crippen LogP contribution is -2.28. The Kier molecular flexibility index (Phi) is 4.76. The smallest absolute Gasteiger partial charge is 0.261 e. The number of hydrogen-bond acceptors (Lipinski definition) is 3. The van der Waals surface area contributed by atoms with Crippen molar-refractivity contribution in [3.63, 3.8) is 0 Å². The molecule has 0 aliphatic carbocycles. The summed E-state index contributed by atoms with van der Waals surface area (Å²) in [6.45, 7) is 3.69. The molecule has 1 amide bonds. The van der Waals surface area contributed by atoms with Crippen LogP contribution in [0.25, 0.3) is 0 Å². The summed E-state index contributed by atoms with van der Waals surface area (Å²) in [5.74, 6) is 0.0385. The predicted octanol–water partition coefficient (Wildman–Crippen LogP) is 2.54. The van der Waals surface area contributed by atoms with E-state index in [0.29, 0.717) is 6.42 Å². The van der Waals surface area contributed by atoms with E-state index in [1.165, 1.54) is 12.1 Å². The van der Waals surface area contributed by atoms with Crippen molar-refractivity contribution in [1.82, 2.24) is 4.90 Å². The van der Waals surface area contributed by atoms with Gasteiger partial charge in [-0.1, -0.05) is 19.1 Å². The lowest BCUT2D eigenvalue weighted by atomic mass is 10.1. The number of carbonyl (C=O) groups is 1. The van der Waals surface area contributed by atoms with Crippen LogP contribution in [0.5, 0.6) is 0 Å². The van der Waals surface area contributed by atoms with Gasteiger partial charge in [-0.2, -0.15) is 0 Å². The number of halogens is 1. The molecule has 0 aromatic heterocycles. The van der Waals surface area contributed by atoms with Gasteiger partial charge in [0.15, 0.2) is 0 Å². The van der Waals surface area contributed by atoms with Crippen LogP contribution in [-0.2, 0) is 13.8 Å². The van der Waals surface area contributed by atoms with Gasteiger partial charge in [0.05, 0.1) is 10.9 Å². The summed E-state index contributed by atoms with van der Waals surface area (Å²) in [6, 6.07) is 6.11. The fourth-order valence-corrected chi connectivity index (χ4v) is 2.37. The van der Waals surface area contributed by atoms with Gasteiger partial charge in [-0.15, -0.1) is 0 Å². The molecule has 0 N–H and O–H groups in total. The molecule has 0 bridgehead atoms. The Balaban J connectivity index is 2.95. The summed E-state index contributed by atoms with van der Waals surface area (Å²) in [7, 11) is 3.26. The van der Waals surface area contributed by atoms with Crippen LogP contribution in [0.4, 0.5) is 0 Å². The first kappa shape index (κ1) is 15.0. The molecule has 1 aromatic carbocycles. The molecule has 0 spiro atoms. The van der Waals surface area contributed by atoms with Crippen LogP contribution >= 0.6 is 10.7 Å². The fraction of sp³-hybridized carbons (Fsp3) is 0.417. The van der Waals surface area contributed by atoms with Crippen LogP contribution in [0.15, 0.2) is 29.2 Å². The van der Waals surface area contributed by atoms with E-state index in [9.17, 15) is 13.2 Å². The Morgan fingerprint density at radius 1 is 1.33 bits per heavy atom. The van der Waals surface area contributed by atoms with Gasteiger partial charge >= 0.3 is 0 Å². The number of carbonyl (C=O) groups excluding carboxylic acids is 1. The van der Waals surface area contributed by atoms with E-state index in [0.717, 1.165) is 5.56 Å². The van der Waals surface area contributed by atoms with Crippen molar-refractivity contribution in [2.45, 2.75) is 31.2 Å². The third kappa shape index (κ3) is 3.46. The molecule has 0 saturated heterocycles. The van der Waals surface area contributed by atoms with Crippen molar-refractivity contribution in [2.24, 2.45) is 0 Å². The molecular formula is C12H16ClNO3S. The van der Waals surface area contributed by atoms with E-state index in [1.807, 2.05) is 6.92 Å². The molecule has 0 saturated carbocycles. The molecular weight excluding hydrogens is 274 g/mol. The van der Waals surface area contributed by atoms with Gasteiger partial charge in [0.25, 0.3) is 9.05 Å². The third-order valence-corrected chi connectivity index (χ3v) is 4.29. The summed E-state index contributed by atoms with van der Waals surface area (Å²) in [4.78, 5) is 13.3. The maximum absolute atomic E-state index is 11.6. The maximum atomic E-state index is 11.6. The largest absolute Gasteiger partial charge is 0.339 e.